The predicted octanol–water partition coefficient (Wildman–Crippen LogP) is 2.65. The van der Waals surface area contributed by atoms with Gasteiger partial charge in [0.2, 0.25) is 5.91 Å². The summed E-state index contributed by atoms with van der Waals surface area (Å²) in [7, 11) is 0. The Balaban J connectivity index is 3.77. The number of amides is 1. The van der Waals surface area contributed by atoms with Gasteiger partial charge in [0, 0.05) is 5.54 Å². The first kappa shape index (κ1) is 14.1. The van der Waals surface area contributed by atoms with Crippen molar-refractivity contribution in [1.29, 1.82) is 0 Å². The molecule has 0 aromatic heterocycles. The number of nitrogens with one attached hydrogen (secondary N) is 1. The van der Waals surface area contributed by atoms with Crippen molar-refractivity contribution in [2.24, 2.45) is 0 Å². The van der Waals surface area contributed by atoms with E-state index in [9.17, 15) is 4.79 Å². The van der Waals surface area contributed by atoms with Crippen molar-refractivity contribution in [3.63, 3.8) is 0 Å². The van der Waals surface area contributed by atoms with Crippen molar-refractivity contribution < 1.29 is 4.79 Å². The Kier molecular flexibility index (Phi) is 6.62. The van der Waals surface area contributed by atoms with Crippen molar-refractivity contribution in [3.05, 3.63) is 0 Å². The van der Waals surface area contributed by atoms with Gasteiger partial charge in [0.15, 0.2) is 0 Å². The zero-order valence-electron chi connectivity index (χ0n) is 9.39. The standard InChI is InChI=1S/C10H20ClNOS/c1-5-14-7-6-8(11)9(13)12-10(2,3)4/h8H,5-7H2,1-4H3,(H,12,13). The zero-order valence-corrected chi connectivity index (χ0v) is 11.0. The molecule has 1 amide bonds. The maximum Gasteiger partial charge on any atom is 0.238 e. The molecule has 0 saturated heterocycles. The van der Waals surface area contributed by atoms with E-state index in [-0.39, 0.29) is 11.4 Å². The van der Waals surface area contributed by atoms with Crippen LogP contribution in [0.4, 0.5) is 0 Å². The number of carbonyl (C=O) groups is 1. The van der Waals surface area contributed by atoms with Crippen molar-refractivity contribution in [3.8, 4) is 0 Å². The minimum absolute atomic E-state index is 0.0594. The zero-order chi connectivity index (χ0) is 11.2. The van der Waals surface area contributed by atoms with Gasteiger partial charge in [-0.2, -0.15) is 11.8 Å². The molecule has 4 heteroatoms. The molecular weight excluding hydrogens is 218 g/mol. The molecule has 0 saturated carbocycles. The van der Waals surface area contributed by atoms with Crippen LogP contribution >= 0.6 is 23.4 Å². The van der Waals surface area contributed by atoms with E-state index in [1.54, 1.807) is 0 Å². The van der Waals surface area contributed by atoms with Gasteiger partial charge in [0.25, 0.3) is 0 Å². The van der Waals surface area contributed by atoms with Crippen LogP contribution in [-0.2, 0) is 4.79 Å². The van der Waals surface area contributed by atoms with Crippen LogP contribution in [0.3, 0.4) is 0 Å². The van der Waals surface area contributed by atoms with Crippen LogP contribution in [-0.4, -0.2) is 28.3 Å². The summed E-state index contributed by atoms with van der Waals surface area (Å²) in [5, 5.41) is 2.47. The van der Waals surface area contributed by atoms with E-state index in [0.717, 1.165) is 17.9 Å². The molecule has 0 rings (SSSR count). The van der Waals surface area contributed by atoms with Crippen LogP contribution in [0, 0.1) is 0 Å². The molecule has 0 bridgehead atoms. The topological polar surface area (TPSA) is 29.1 Å². The molecule has 0 aromatic carbocycles. The van der Waals surface area contributed by atoms with Crippen LogP contribution in [0.2, 0.25) is 0 Å². The molecule has 0 aliphatic carbocycles. The lowest BCUT2D eigenvalue weighted by atomic mass is 10.1. The van der Waals surface area contributed by atoms with Crippen molar-refractivity contribution in [2.75, 3.05) is 11.5 Å². The third kappa shape index (κ3) is 7.51. The lowest BCUT2D eigenvalue weighted by Gasteiger charge is -2.22. The Labute approximate surface area is 96.2 Å². The number of hydrogen-bond acceptors (Lipinski definition) is 2. The maximum atomic E-state index is 11.5. The second-order valence-electron chi connectivity index (χ2n) is 4.19. The molecule has 1 atom stereocenters. The number of rotatable bonds is 5. The summed E-state index contributed by atoms with van der Waals surface area (Å²) in [6.45, 7) is 7.96. The normalized spacial score (nSPS) is 13.8. The number of alkyl halides is 1. The Morgan fingerprint density at radius 3 is 2.50 bits per heavy atom. The number of halogens is 1. The smallest absolute Gasteiger partial charge is 0.238 e. The summed E-state index contributed by atoms with van der Waals surface area (Å²) >= 11 is 7.76. The summed E-state index contributed by atoms with van der Waals surface area (Å²) in [6, 6.07) is 0. The van der Waals surface area contributed by atoms with E-state index >= 15 is 0 Å². The molecule has 0 heterocycles. The highest BCUT2D eigenvalue weighted by molar-refractivity contribution is 7.99. The van der Waals surface area contributed by atoms with Crippen LogP contribution in [0.15, 0.2) is 0 Å². The first-order chi connectivity index (χ1) is 6.37. The van der Waals surface area contributed by atoms with Crippen LogP contribution in [0.25, 0.3) is 0 Å². The Bertz CT molecular complexity index is 179. The van der Waals surface area contributed by atoms with Gasteiger partial charge in [-0.15, -0.1) is 11.6 Å². The third-order valence-electron chi connectivity index (χ3n) is 1.50. The average Bonchev–Trinajstić information content (AvgIpc) is 2.01. The minimum atomic E-state index is -0.395. The Morgan fingerprint density at radius 1 is 1.50 bits per heavy atom. The second kappa shape index (κ2) is 6.57. The fourth-order valence-electron chi connectivity index (χ4n) is 0.910. The molecule has 1 unspecified atom stereocenters. The highest BCUT2D eigenvalue weighted by Gasteiger charge is 2.20. The van der Waals surface area contributed by atoms with Crippen LogP contribution in [0.1, 0.15) is 34.1 Å². The van der Waals surface area contributed by atoms with E-state index < -0.39 is 5.38 Å². The van der Waals surface area contributed by atoms with E-state index in [4.69, 9.17) is 11.6 Å². The van der Waals surface area contributed by atoms with Gasteiger partial charge in [-0.1, -0.05) is 6.92 Å². The van der Waals surface area contributed by atoms with Gasteiger partial charge >= 0.3 is 0 Å². The van der Waals surface area contributed by atoms with Gasteiger partial charge < -0.3 is 5.32 Å². The molecule has 0 aliphatic heterocycles. The molecule has 0 aliphatic rings. The van der Waals surface area contributed by atoms with Gasteiger partial charge in [0.1, 0.15) is 5.38 Å². The fourth-order valence-corrected chi connectivity index (χ4v) is 1.89. The molecule has 2 nitrogen and oxygen atoms in total. The van der Waals surface area contributed by atoms with E-state index in [2.05, 4.69) is 12.2 Å². The summed E-state index contributed by atoms with van der Waals surface area (Å²) in [5.41, 5.74) is -0.192. The summed E-state index contributed by atoms with van der Waals surface area (Å²) in [5.74, 6) is 1.96. The summed E-state index contributed by atoms with van der Waals surface area (Å²) < 4.78 is 0. The number of thioether (sulfide) groups is 1. The summed E-state index contributed by atoms with van der Waals surface area (Å²) in [6.07, 6.45) is 0.738. The molecule has 0 radical (unpaired) electrons. The SMILES string of the molecule is CCSCCC(Cl)C(=O)NC(C)(C)C. The third-order valence-corrected chi connectivity index (χ3v) is 2.85. The Hall–Kier alpha value is 0.110. The molecule has 0 fully saturated rings. The number of carbonyl (C=O) groups excluding carboxylic acids is 1. The van der Waals surface area contributed by atoms with E-state index in [0.29, 0.717) is 0 Å². The molecule has 0 spiro atoms. The number of hydrogen-bond donors (Lipinski definition) is 1. The highest BCUT2D eigenvalue weighted by Crippen LogP contribution is 2.10. The van der Waals surface area contributed by atoms with Crippen LogP contribution in [0.5, 0.6) is 0 Å². The molecular formula is C10H20ClNOS. The first-order valence-electron chi connectivity index (χ1n) is 4.90. The second-order valence-corrected chi connectivity index (χ2v) is 6.11. The molecule has 0 aromatic rings. The highest BCUT2D eigenvalue weighted by atomic mass is 35.5. The van der Waals surface area contributed by atoms with Gasteiger partial charge in [-0.05, 0) is 38.7 Å². The fraction of sp³-hybridized carbons (Fsp3) is 0.900. The van der Waals surface area contributed by atoms with Crippen LogP contribution < -0.4 is 5.32 Å². The summed E-state index contributed by atoms with van der Waals surface area (Å²) in [4.78, 5) is 11.5. The maximum absolute atomic E-state index is 11.5. The quantitative estimate of drug-likeness (QED) is 0.589. The van der Waals surface area contributed by atoms with E-state index in [1.165, 1.54) is 0 Å². The largest absolute Gasteiger partial charge is 0.350 e. The average molecular weight is 238 g/mol. The lowest BCUT2D eigenvalue weighted by Crippen LogP contribution is -2.44. The predicted molar refractivity (Wildman–Crippen MR) is 65.2 cm³/mol. The van der Waals surface area contributed by atoms with Crippen molar-refractivity contribution in [2.45, 2.75) is 45.0 Å². The monoisotopic (exact) mass is 237 g/mol. The Morgan fingerprint density at radius 2 is 2.07 bits per heavy atom. The van der Waals surface area contributed by atoms with Crippen molar-refractivity contribution >= 4 is 29.3 Å². The molecule has 84 valence electrons. The van der Waals surface area contributed by atoms with Gasteiger partial charge in [-0.3, -0.25) is 4.79 Å². The van der Waals surface area contributed by atoms with Gasteiger partial charge in [0.05, 0.1) is 0 Å². The molecule has 14 heavy (non-hydrogen) atoms. The minimum Gasteiger partial charge on any atom is -0.350 e. The van der Waals surface area contributed by atoms with Gasteiger partial charge in [-0.25, -0.2) is 0 Å². The molecule has 1 N–H and O–H groups in total. The lowest BCUT2D eigenvalue weighted by molar-refractivity contribution is -0.122. The van der Waals surface area contributed by atoms with E-state index in [1.807, 2.05) is 32.5 Å². The first-order valence-corrected chi connectivity index (χ1v) is 6.49. The van der Waals surface area contributed by atoms with Crippen molar-refractivity contribution in [1.82, 2.24) is 5.32 Å².